The summed E-state index contributed by atoms with van der Waals surface area (Å²) in [4.78, 5) is 14.9. The van der Waals surface area contributed by atoms with Gasteiger partial charge < -0.3 is 20.0 Å². The number of rotatable bonds is 6. The highest BCUT2D eigenvalue weighted by Crippen LogP contribution is 2.39. The number of likely N-dealkylation sites (tertiary alicyclic amines) is 1. The summed E-state index contributed by atoms with van der Waals surface area (Å²) in [5, 5.41) is 13.3. The van der Waals surface area contributed by atoms with Gasteiger partial charge in [-0.3, -0.25) is 4.79 Å². The van der Waals surface area contributed by atoms with Crippen molar-refractivity contribution in [2.45, 2.75) is 63.2 Å². The molecule has 1 aliphatic carbocycles. The van der Waals surface area contributed by atoms with Gasteiger partial charge in [0, 0.05) is 17.8 Å². The number of halogens is 4. The second kappa shape index (κ2) is 11.1. The third kappa shape index (κ3) is 5.98. The molecule has 1 saturated heterocycles. The van der Waals surface area contributed by atoms with E-state index in [1.165, 1.54) is 43.5 Å². The second-order valence-corrected chi connectivity index (χ2v) is 9.85. The van der Waals surface area contributed by atoms with Crippen LogP contribution in [0.15, 0.2) is 46.9 Å². The maximum Gasteiger partial charge on any atom is 0.417 e. The fourth-order valence-corrected chi connectivity index (χ4v) is 5.32. The molecule has 38 heavy (non-hydrogen) atoms. The lowest BCUT2D eigenvalue weighted by Gasteiger charge is -2.38. The Kier molecular flexibility index (Phi) is 7.64. The van der Waals surface area contributed by atoms with E-state index in [9.17, 15) is 22.4 Å². The largest absolute Gasteiger partial charge is 0.417 e. The van der Waals surface area contributed by atoms with Gasteiger partial charge in [0.15, 0.2) is 0 Å². The van der Waals surface area contributed by atoms with Crippen molar-refractivity contribution in [1.82, 2.24) is 15.1 Å². The van der Waals surface area contributed by atoms with E-state index in [1.54, 1.807) is 0 Å². The lowest BCUT2D eigenvalue weighted by molar-refractivity contribution is -0.137. The molecule has 0 unspecified atom stereocenters. The van der Waals surface area contributed by atoms with Gasteiger partial charge in [0.1, 0.15) is 5.82 Å². The van der Waals surface area contributed by atoms with Crippen molar-refractivity contribution in [2.24, 2.45) is 0 Å². The first-order chi connectivity index (χ1) is 18.3. The van der Waals surface area contributed by atoms with Gasteiger partial charge in [-0.15, -0.1) is 5.10 Å². The van der Waals surface area contributed by atoms with Gasteiger partial charge in [-0.1, -0.05) is 23.7 Å². The van der Waals surface area contributed by atoms with Crippen molar-refractivity contribution in [2.75, 3.05) is 23.7 Å². The van der Waals surface area contributed by atoms with E-state index < -0.39 is 23.5 Å². The first-order valence-corrected chi connectivity index (χ1v) is 12.9. The summed E-state index contributed by atoms with van der Waals surface area (Å²) >= 11 is 0. The van der Waals surface area contributed by atoms with Crippen LogP contribution in [-0.4, -0.2) is 46.2 Å². The van der Waals surface area contributed by atoms with Crippen molar-refractivity contribution in [3.63, 3.8) is 0 Å². The lowest BCUT2D eigenvalue weighted by Crippen LogP contribution is -2.43. The van der Waals surface area contributed by atoms with Crippen molar-refractivity contribution in [1.29, 1.82) is 0 Å². The van der Waals surface area contributed by atoms with Crippen LogP contribution < -0.4 is 10.6 Å². The van der Waals surface area contributed by atoms with Crippen LogP contribution >= 0.6 is 0 Å². The van der Waals surface area contributed by atoms with Gasteiger partial charge >= 0.3 is 12.2 Å². The smallest absolute Gasteiger partial charge is 0.403 e. The Morgan fingerprint density at radius 2 is 1.71 bits per heavy atom. The molecule has 202 valence electrons. The standard InChI is InChI=1S/C27H29F4N5O2/c28-23-7-3-2-6-21(23)24(37)32-18-10-13-20(22(16-18)27(29,30)31)25-34-35-26(38-25)33-17-8-11-19(12-9-17)36-14-4-1-5-15-36/h2-3,6-7,10,13,16-17,19H,1,4-5,8-9,11-12,14-15H2,(H,32,37)(H,33,35). The van der Waals surface area contributed by atoms with E-state index >= 15 is 0 Å². The summed E-state index contributed by atoms with van der Waals surface area (Å²) < 4.78 is 61.2. The summed E-state index contributed by atoms with van der Waals surface area (Å²) in [7, 11) is 0. The Labute approximate surface area is 217 Å². The molecule has 1 aliphatic heterocycles. The predicted molar refractivity (Wildman–Crippen MR) is 134 cm³/mol. The molecule has 3 aromatic rings. The predicted octanol–water partition coefficient (Wildman–Crippen LogP) is 6.36. The second-order valence-electron chi connectivity index (χ2n) is 9.85. The Balaban J connectivity index is 1.27. The molecule has 2 aliphatic rings. The molecule has 2 fully saturated rings. The highest BCUT2D eigenvalue weighted by molar-refractivity contribution is 6.04. The molecule has 7 nitrogen and oxygen atoms in total. The zero-order chi connectivity index (χ0) is 26.7. The molecule has 2 heterocycles. The Morgan fingerprint density at radius 1 is 0.974 bits per heavy atom. The van der Waals surface area contributed by atoms with Crippen molar-refractivity contribution < 1.29 is 26.8 Å². The van der Waals surface area contributed by atoms with Crippen LogP contribution in [0.4, 0.5) is 29.3 Å². The van der Waals surface area contributed by atoms with Gasteiger partial charge in [0.25, 0.3) is 5.91 Å². The number of anilines is 2. The molecule has 5 rings (SSSR count). The SMILES string of the molecule is O=C(Nc1ccc(-c2nnc(NC3CCC(N4CCCCC4)CC3)o2)c(C(F)(F)F)c1)c1ccccc1F. The maximum absolute atomic E-state index is 13.9. The number of nitrogens with one attached hydrogen (secondary N) is 2. The molecule has 1 saturated carbocycles. The molecule has 2 N–H and O–H groups in total. The fourth-order valence-electron chi connectivity index (χ4n) is 5.32. The first kappa shape index (κ1) is 26.1. The molecular formula is C27H29F4N5O2. The Hall–Kier alpha value is -3.47. The highest BCUT2D eigenvalue weighted by atomic mass is 19.4. The highest BCUT2D eigenvalue weighted by Gasteiger charge is 2.36. The van der Waals surface area contributed by atoms with Crippen LogP contribution in [0.5, 0.6) is 0 Å². The average Bonchev–Trinajstić information content (AvgIpc) is 3.37. The topological polar surface area (TPSA) is 83.3 Å². The summed E-state index contributed by atoms with van der Waals surface area (Å²) in [6, 6.07) is 9.20. The van der Waals surface area contributed by atoms with Crippen LogP contribution in [0.25, 0.3) is 11.5 Å². The Morgan fingerprint density at radius 3 is 2.42 bits per heavy atom. The number of aromatic nitrogens is 2. The molecule has 0 spiro atoms. The van der Waals surface area contributed by atoms with Crippen molar-refractivity contribution >= 4 is 17.6 Å². The molecule has 0 bridgehead atoms. The van der Waals surface area contributed by atoms with Gasteiger partial charge in [-0.05, 0) is 81.9 Å². The molecule has 0 radical (unpaired) electrons. The van der Waals surface area contributed by atoms with Crippen LogP contribution in [0.2, 0.25) is 0 Å². The van der Waals surface area contributed by atoms with Gasteiger partial charge in [0.2, 0.25) is 5.89 Å². The molecule has 1 amide bonds. The monoisotopic (exact) mass is 531 g/mol. The summed E-state index contributed by atoms with van der Waals surface area (Å²) in [5.74, 6) is -1.92. The summed E-state index contributed by atoms with van der Waals surface area (Å²) in [6.07, 6.45) is 2.99. The van der Waals surface area contributed by atoms with E-state index in [4.69, 9.17) is 4.42 Å². The van der Waals surface area contributed by atoms with Crippen LogP contribution in [0.1, 0.15) is 60.9 Å². The third-order valence-electron chi connectivity index (χ3n) is 7.29. The molecule has 0 atom stereocenters. The lowest BCUT2D eigenvalue weighted by atomic mass is 9.89. The average molecular weight is 532 g/mol. The van der Waals surface area contributed by atoms with E-state index in [-0.39, 0.29) is 34.8 Å². The molecule has 2 aromatic carbocycles. The first-order valence-electron chi connectivity index (χ1n) is 12.9. The summed E-state index contributed by atoms with van der Waals surface area (Å²) in [6.45, 7) is 2.31. The number of hydrogen-bond donors (Lipinski definition) is 2. The fraction of sp³-hybridized carbons (Fsp3) is 0.444. The number of benzene rings is 2. The van der Waals surface area contributed by atoms with Crippen molar-refractivity contribution in [3.05, 3.63) is 59.4 Å². The van der Waals surface area contributed by atoms with E-state index in [0.29, 0.717) is 6.04 Å². The maximum atomic E-state index is 13.9. The number of alkyl halides is 3. The number of carbonyl (C=O) groups is 1. The normalized spacial score (nSPS) is 20.7. The van der Waals surface area contributed by atoms with E-state index in [2.05, 4.69) is 25.7 Å². The van der Waals surface area contributed by atoms with Crippen LogP contribution in [0, 0.1) is 5.82 Å². The summed E-state index contributed by atoms with van der Waals surface area (Å²) in [5.41, 5.74) is -1.78. The minimum Gasteiger partial charge on any atom is -0.403 e. The zero-order valence-corrected chi connectivity index (χ0v) is 20.7. The van der Waals surface area contributed by atoms with E-state index in [1.807, 2.05) is 0 Å². The zero-order valence-electron chi connectivity index (χ0n) is 20.7. The number of nitrogens with zero attached hydrogens (tertiary/aromatic N) is 3. The third-order valence-corrected chi connectivity index (χ3v) is 7.29. The van der Waals surface area contributed by atoms with Crippen LogP contribution in [-0.2, 0) is 6.18 Å². The van der Waals surface area contributed by atoms with Crippen LogP contribution in [0.3, 0.4) is 0 Å². The molecule has 1 aromatic heterocycles. The Bertz CT molecular complexity index is 1260. The van der Waals surface area contributed by atoms with Gasteiger partial charge in [0.05, 0.1) is 16.7 Å². The molecular weight excluding hydrogens is 502 g/mol. The van der Waals surface area contributed by atoms with E-state index in [0.717, 1.165) is 57.0 Å². The number of amides is 1. The van der Waals surface area contributed by atoms with Gasteiger partial charge in [-0.2, -0.15) is 13.2 Å². The van der Waals surface area contributed by atoms with Gasteiger partial charge in [-0.25, -0.2) is 4.39 Å². The quantitative estimate of drug-likeness (QED) is 0.361. The number of hydrogen-bond acceptors (Lipinski definition) is 6. The van der Waals surface area contributed by atoms with Crippen molar-refractivity contribution in [3.8, 4) is 11.5 Å². The molecule has 11 heteroatoms. The minimum atomic E-state index is -4.76. The number of piperidine rings is 1. The minimum absolute atomic E-state index is 0.0754. The number of carbonyl (C=O) groups excluding carboxylic acids is 1.